The Labute approximate surface area is 145 Å². The molecule has 2 aromatic carbocycles. The van der Waals surface area contributed by atoms with Gasteiger partial charge in [0.25, 0.3) is 0 Å². The zero-order valence-corrected chi connectivity index (χ0v) is 14.0. The molecule has 6 heteroatoms. The van der Waals surface area contributed by atoms with Gasteiger partial charge in [-0.1, -0.05) is 29.8 Å². The predicted molar refractivity (Wildman–Crippen MR) is 94.8 cm³/mol. The average Bonchev–Trinajstić information content (AvgIpc) is 3.00. The predicted octanol–water partition coefficient (Wildman–Crippen LogP) is 3.78. The molecule has 2 amide bonds. The molecule has 2 N–H and O–H groups in total. The molecule has 1 aromatic heterocycles. The van der Waals surface area contributed by atoms with Crippen molar-refractivity contribution in [1.29, 1.82) is 0 Å². The third-order valence-electron chi connectivity index (χ3n) is 3.88. The SMILES string of the molecule is Cc1ccc(NC(=O)NC(c2cccc(F)c2)c2nccn2C)cc1. The third kappa shape index (κ3) is 4.03. The van der Waals surface area contributed by atoms with E-state index in [9.17, 15) is 9.18 Å². The van der Waals surface area contributed by atoms with Crippen LogP contribution >= 0.6 is 0 Å². The number of nitrogens with zero attached hydrogens (tertiary/aromatic N) is 2. The molecule has 1 unspecified atom stereocenters. The van der Waals surface area contributed by atoms with Crippen molar-refractivity contribution in [3.8, 4) is 0 Å². The lowest BCUT2D eigenvalue weighted by Gasteiger charge is -2.19. The van der Waals surface area contributed by atoms with E-state index >= 15 is 0 Å². The summed E-state index contributed by atoms with van der Waals surface area (Å²) in [5, 5.41) is 5.65. The highest BCUT2D eigenvalue weighted by Gasteiger charge is 2.21. The van der Waals surface area contributed by atoms with Gasteiger partial charge < -0.3 is 15.2 Å². The van der Waals surface area contributed by atoms with Gasteiger partial charge in [0, 0.05) is 25.1 Å². The quantitative estimate of drug-likeness (QED) is 0.760. The number of benzene rings is 2. The van der Waals surface area contributed by atoms with E-state index in [1.54, 1.807) is 29.1 Å². The lowest BCUT2D eigenvalue weighted by Crippen LogP contribution is -2.34. The normalized spacial score (nSPS) is 11.8. The van der Waals surface area contributed by atoms with Crippen molar-refractivity contribution in [2.24, 2.45) is 7.05 Å². The van der Waals surface area contributed by atoms with Gasteiger partial charge in [-0.05, 0) is 36.8 Å². The second-order valence-electron chi connectivity index (χ2n) is 5.85. The molecular weight excluding hydrogens is 319 g/mol. The van der Waals surface area contributed by atoms with Gasteiger partial charge in [-0.25, -0.2) is 14.2 Å². The molecule has 1 heterocycles. The molecule has 5 nitrogen and oxygen atoms in total. The van der Waals surface area contributed by atoms with Crippen molar-refractivity contribution in [2.75, 3.05) is 5.32 Å². The van der Waals surface area contributed by atoms with Gasteiger partial charge in [-0.3, -0.25) is 0 Å². The number of hydrogen-bond acceptors (Lipinski definition) is 2. The van der Waals surface area contributed by atoms with E-state index in [4.69, 9.17) is 0 Å². The Hall–Kier alpha value is -3.15. The average molecular weight is 338 g/mol. The van der Waals surface area contributed by atoms with Gasteiger partial charge >= 0.3 is 6.03 Å². The lowest BCUT2D eigenvalue weighted by molar-refractivity contribution is 0.249. The monoisotopic (exact) mass is 338 g/mol. The molecule has 25 heavy (non-hydrogen) atoms. The summed E-state index contributed by atoms with van der Waals surface area (Å²) in [4.78, 5) is 16.7. The Balaban J connectivity index is 1.83. The summed E-state index contributed by atoms with van der Waals surface area (Å²) >= 11 is 0. The molecule has 3 rings (SSSR count). The highest BCUT2D eigenvalue weighted by atomic mass is 19.1. The van der Waals surface area contributed by atoms with Crippen molar-refractivity contribution >= 4 is 11.7 Å². The number of nitrogens with one attached hydrogen (secondary N) is 2. The lowest BCUT2D eigenvalue weighted by atomic mass is 10.1. The van der Waals surface area contributed by atoms with Crippen LogP contribution < -0.4 is 10.6 Å². The number of aryl methyl sites for hydroxylation is 2. The largest absolute Gasteiger partial charge is 0.336 e. The van der Waals surface area contributed by atoms with Crippen LogP contribution in [0.1, 0.15) is 23.0 Å². The molecule has 0 fully saturated rings. The van der Waals surface area contributed by atoms with Gasteiger partial charge in [0.1, 0.15) is 17.7 Å². The molecule has 0 spiro atoms. The number of hydrogen-bond donors (Lipinski definition) is 2. The van der Waals surface area contributed by atoms with Gasteiger partial charge in [-0.2, -0.15) is 0 Å². The van der Waals surface area contributed by atoms with Gasteiger partial charge in [0.05, 0.1) is 0 Å². The number of carbonyl (C=O) groups is 1. The summed E-state index contributed by atoms with van der Waals surface area (Å²) in [5.41, 5.74) is 2.41. The number of carbonyl (C=O) groups excluding carboxylic acids is 1. The molecule has 0 saturated carbocycles. The first-order chi connectivity index (χ1) is 12.0. The Morgan fingerprint density at radius 1 is 1.20 bits per heavy atom. The van der Waals surface area contributed by atoms with Crippen molar-refractivity contribution < 1.29 is 9.18 Å². The molecule has 128 valence electrons. The highest BCUT2D eigenvalue weighted by Crippen LogP contribution is 2.21. The van der Waals surface area contributed by atoms with E-state index in [1.165, 1.54) is 12.1 Å². The standard InChI is InChI=1S/C19H19FN4O/c1-13-6-8-16(9-7-13)22-19(25)23-17(18-21-10-11-24(18)2)14-4-3-5-15(20)12-14/h3-12,17H,1-2H3,(H2,22,23,25). The fraction of sp³-hybridized carbons (Fsp3) is 0.158. The minimum absolute atomic E-state index is 0.363. The number of anilines is 1. The minimum Gasteiger partial charge on any atom is -0.336 e. The summed E-state index contributed by atoms with van der Waals surface area (Å²) in [6.07, 6.45) is 3.42. The molecule has 0 aliphatic carbocycles. The van der Waals surface area contributed by atoms with Crippen molar-refractivity contribution in [1.82, 2.24) is 14.9 Å². The van der Waals surface area contributed by atoms with Crippen LogP contribution in [-0.4, -0.2) is 15.6 Å². The molecular formula is C19H19FN4O. The van der Waals surface area contributed by atoms with Crippen LogP contribution in [0.5, 0.6) is 0 Å². The fourth-order valence-electron chi connectivity index (χ4n) is 2.57. The first-order valence-corrected chi connectivity index (χ1v) is 7.90. The van der Waals surface area contributed by atoms with Gasteiger partial charge in [0.15, 0.2) is 0 Å². The van der Waals surface area contributed by atoms with Gasteiger partial charge in [-0.15, -0.1) is 0 Å². The maximum Gasteiger partial charge on any atom is 0.320 e. The van der Waals surface area contributed by atoms with Crippen LogP contribution in [0.25, 0.3) is 0 Å². The summed E-state index contributed by atoms with van der Waals surface area (Å²) in [6, 6.07) is 12.7. The smallest absolute Gasteiger partial charge is 0.320 e. The van der Waals surface area contributed by atoms with E-state index in [1.807, 2.05) is 38.2 Å². The summed E-state index contributed by atoms with van der Waals surface area (Å²) in [5.74, 6) is 0.252. The van der Waals surface area contributed by atoms with Crippen LogP contribution in [0.3, 0.4) is 0 Å². The van der Waals surface area contributed by atoms with Crippen molar-refractivity contribution in [2.45, 2.75) is 13.0 Å². The fourth-order valence-corrected chi connectivity index (χ4v) is 2.57. The number of urea groups is 1. The van der Waals surface area contributed by atoms with Crippen LogP contribution in [0, 0.1) is 12.7 Å². The molecule has 0 aliphatic heterocycles. The molecule has 0 radical (unpaired) electrons. The highest BCUT2D eigenvalue weighted by molar-refractivity contribution is 5.89. The molecule has 0 saturated heterocycles. The topological polar surface area (TPSA) is 59.0 Å². The van der Waals surface area contributed by atoms with E-state index in [0.29, 0.717) is 17.1 Å². The maximum absolute atomic E-state index is 13.6. The van der Waals surface area contributed by atoms with Crippen LogP contribution in [-0.2, 0) is 7.05 Å². The zero-order valence-electron chi connectivity index (χ0n) is 14.0. The van der Waals surface area contributed by atoms with E-state index < -0.39 is 6.04 Å². The summed E-state index contributed by atoms with van der Waals surface area (Å²) in [7, 11) is 1.83. The van der Waals surface area contributed by atoms with Crippen LogP contribution in [0.2, 0.25) is 0 Å². The van der Waals surface area contributed by atoms with E-state index in [-0.39, 0.29) is 11.8 Å². The molecule has 0 bridgehead atoms. The first kappa shape index (κ1) is 16.7. The molecule has 1 atom stereocenters. The number of rotatable bonds is 4. The van der Waals surface area contributed by atoms with Crippen molar-refractivity contribution in [3.63, 3.8) is 0 Å². The van der Waals surface area contributed by atoms with E-state index in [2.05, 4.69) is 15.6 Å². The van der Waals surface area contributed by atoms with Crippen LogP contribution in [0.4, 0.5) is 14.9 Å². The Kier molecular flexibility index (Phi) is 4.79. The Bertz CT molecular complexity index is 873. The van der Waals surface area contributed by atoms with Crippen molar-refractivity contribution in [3.05, 3.63) is 83.7 Å². The first-order valence-electron chi connectivity index (χ1n) is 7.90. The number of halogens is 1. The Morgan fingerprint density at radius 3 is 2.60 bits per heavy atom. The van der Waals surface area contributed by atoms with Crippen LogP contribution in [0.15, 0.2) is 60.9 Å². The molecule has 0 aliphatic rings. The number of aromatic nitrogens is 2. The van der Waals surface area contributed by atoms with E-state index in [0.717, 1.165) is 5.56 Å². The number of amides is 2. The summed E-state index contributed by atoms with van der Waals surface area (Å²) < 4.78 is 15.4. The minimum atomic E-state index is -0.568. The Morgan fingerprint density at radius 2 is 1.96 bits per heavy atom. The third-order valence-corrected chi connectivity index (χ3v) is 3.88. The zero-order chi connectivity index (χ0) is 17.8. The second-order valence-corrected chi connectivity index (χ2v) is 5.85. The second kappa shape index (κ2) is 7.17. The number of imidazole rings is 1. The van der Waals surface area contributed by atoms with Gasteiger partial charge in [0.2, 0.25) is 0 Å². The maximum atomic E-state index is 13.6. The summed E-state index contributed by atoms with van der Waals surface area (Å²) in [6.45, 7) is 1.98. The molecule has 3 aromatic rings.